The van der Waals surface area contributed by atoms with Gasteiger partial charge in [0.2, 0.25) is 5.89 Å². The lowest BCUT2D eigenvalue weighted by Gasteiger charge is -2.19. The Bertz CT molecular complexity index is 893. The molecule has 1 fully saturated rings. The standard InChI is InChI=1S/C22H29N3O4.CH2O2/c1-4-25(5-2)21(26)18-8-6-7-16(12-18)11-17-9-10-24(13-17)14-20-23-19(15-29-20)22(27)28-3;2-1-3/h6-8,12,15,17H,4-5,9-11,13-14H2,1-3H3;1H,(H,2,3). The molecule has 1 aromatic carbocycles. The molecule has 0 bridgehead atoms. The number of esters is 1. The van der Waals surface area contributed by atoms with Gasteiger partial charge in [-0.25, -0.2) is 9.78 Å². The molecule has 1 unspecified atom stereocenters. The van der Waals surface area contributed by atoms with E-state index < -0.39 is 5.97 Å². The van der Waals surface area contributed by atoms with Crippen LogP contribution in [0.5, 0.6) is 0 Å². The molecule has 9 heteroatoms. The molecule has 2 heterocycles. The summed E-state index contributed by atoms with van der Waals surface area (Å²) in [5.41, 5.74) is 2.16. The first-order valence-electron chi connectivity index (χ1n) is 10.7. The number of carbonyl (C=O) groups excluding carboxylic acids is 2. The van der Waals surface area contributed by atoms with Crippen LogP contribution in [0.15, 0.2) is 34.9 Å². The molecule has 0 aliphatic carbocycles. The van der Waals surface area contributed by atoms with Crippen molar-refractivity contribution in [3.63, 3.8) is 0 Å². The Morgan fingerprint density at radius 1 is 1.34 bits per heavy atom. The minimum atomic E-state index is -0.488. The van der Waals surface area contributed by atoms with Crippen LogP contribution in [0.2, 0.25) is 0 Å². The summed E-state index contributed by atoms with van der Waals surface area (Å²) in [5, 5.41) is 6.89. The van der Waals surface area contributed by atoms with Crippen LogP contribution in [0.25, 0.3) is 0 Å². The van der Waals surface area contributed by atoms with Gasteiger partial charge >= 0.3 is 5.97 Å². The zero-order valence-corrected chi connectivity index (χ0v) is 18.8. The first kappa shape index (κ1) is 25.1. The maximum absolute atomic E-state index is 12.6. The van der Waals surface area contributed by atoms with Gasteiger partial charge in [0.05, 0.1) is 13.7 Å². The molecule has 1 amide bonds. The number of hydrogen-bond acceptors (Lipinski definition) is 7. The van der Waals surface area contributed by atoms with Gasteiger partial charge in [0.1, 0.15) is 6.26 Å². The first-order chi connectivity index (χ1) is 15.4. The van der Waals surface area contributed by atoms with Crippen LogP contribution in [0.1, 0.15) is 52.6 Å². The van der Waals surface area contributed by atoms with Crippen molar-refractivity contribution in [1.29, 1.82) is 0 Å². The Morgan fingerprint density at radius 3 is 2.72 bits per heavy atom. The number of methoxy groups -OCH3 is 1. The van der Waals surface area contributed by atoms with Crippen LogP contribution < -0.4 is 0 Å². The summed E-state index contributed by atoms with van der Waals surface area (Å²) in [7, 11) is 1.33. The SMILES string of the molecule is CCN(CC)C(=O)c1cccc(CC2CCN(Cc3nc(C(=O)OC)co3)C2)c1.O=CO. The maximum Gasteiger partial charge on any atom is 0.360 e. The van der Waals surface area contributed by atoms with E-state index in [1.807, 2.05) is 36.9 Å². The van der Waals surface area contributed by atoms with E-state index in [0.29, 0.717) is 18.4 Å². The molecule has 9 nitrogen and oxygen atoms in total. The van der Waals surface area contributed by atoms with Crippen molar-refractivity contribution in [3.8, 4) is 0 Å². The van der Waals surface area contributed by atoms with Crippen molar-refractivity contribution >= 4 is 18.3 Å². The highest BCUT2D eigenvalue weighted by Crippen LogP contribution is 2.23. The molecule has 1 atom stereocenters. The second-order valence-corrected chi connectivity index (χ2v) is 7.50. The highest BCUT2D eigenvalue weighted by Gasteiger charge is 2.25. The van der Waals surface area contributed by atoms with Crippen molar-refractivity contribution in [3.05, 3.63) is 53.2 Å². The zero-order valence-electron chi connectivity index (χ0n) is 18.8. The summed E-state index contributed by atoms with van der Waals surface area (Å²) in [6.07, 6.45) is 3.36. The molecule has 2 aromatic rings. The van der Waals surface area contributed by atoms with Gasteiger partial charge in [0.15, 0.2) is 5.69 Å². The summed E-state index contributed by atoms with van der Waals surface area (Å²) < 4.78 is 10.0. The fourth-order valence-electron chi connectivity index (χ4n) is 3.85. The smallest absolute Gasteiger partial charge is 0.360 e. The molecule has 1 N–H and O–H groups in total. The van der Waals surface area contributed by atoms with Crippen molar-refractivity contribution < 1.29 is 28.6 Å². The summed E-state index contributed by atoms with van der Waals surface area (Å²) in [6, 6.07) is 7.99. The highest BCUT2D eigenvalue weighted by molar-refractivity contribution is 5.94. The normalized spacial score (nSPS) is 15.5. The number of nitrogens with zero attached hydrogens (tertiary/aromatic N) is 3. The number of hydrogen-bond donors (Lipinski definition) is 1. The van der Waals surface area contributed by atoms with E-state index in [1.165, 1.54) is 18.9 Å². The summed E-state index contributed by atoms with van der Waals surface area (Å²) in [6.45, 7) is 7.66. The molecule has 1 aromatic heterocycles. The van der Waals surface area contributed by atoms with Gasteiger partial charge in [-0.1, -0.05) is 12.1 Å². The van der Waals surface area contributed by atoms with Crippen LogP contribution in [-0.4, -0.2) is 71.5 Å². The number of likely N-dealkylation sites (tertiary alicyclic amines) is 1. The van der Waals surface area contributed by atoms with Gasteiger partial charge in [-0.05, 0) is 56.8 Å². The van der Waals surface area contributed by atoms with E-state index in [4.69, 9.17) is 14.3 Å². The Morgan fingerprint density at radius 2 is 2.06 bits per heavy atom. The number of carbonyl (C=O) groups is 3. The Balaban J connectivity index is 0.00000114. The lowest BCUT2D eigenvalue weighted by molar-refractivity contribution is -0.122. The predicted molar refractivity (Wildman–Crippen MR) is 117 cm³/mol. The molecule has 32 heavy (non-hydrogen) atoms. The average molecular weight is 446 g/mol. The number of benzene rings is 1. The van der Waals surface area contributed by atoms with Crippen LogP contribution in [0.3, 0.4) is 0 Å². The monoisotopic (exact) mass is 445 g/mol. The van der Waals surface area contributed by atoms with Crippen LogP contribution in [-0.2, 0) is 22.5 Å². The Kier molecular flexibility index (Phi) is 9.87. The number of carboxylic acid groups (broad SMARTS) is 1. The molecule has 1 aliphatic heterocycles. The summed E-state index contributed by atoms with van der Waals surface area (Å²) >= 11 is 0. The zero-order chi connectivity index (χ0) is 23.5. The number of ether oxygens (including phenoxy) is 1. The third-order valence-electron chi connectivity index (χ3n) is 5.42. The van der Waals surface area contributed by atoms with Crippen molar-refractivity contribution in [2.24, 2.45) is 5.92 Å². The van der Waals surface area contributed by atoms with E-state index in [9.17, 15) is 9.59 Å². The van der Waals surface area contributed by atoms with Gasteiger partial charge in [0.25, 0.3) is 12.4 Å². The minimum absolute atomic E-state index is 0.0928. The van der Waals surface area contributed by atoms with Crippen LogP contribution in [0.4, 0.5) is 0 Å². The van der Waals surface area contributed by atoms with Gasteiger partial charge in [0, 0.05) is 25.2 Å². The topological polar surface area (TPSA) is 113 Å². The van der Waals surface area contributed by atoms with E-state index in [0.717, 1.165) is 44.6 Å². The third kappa shape index (κ3) is 6.91. The molecule has 174 valence electrons. The maximum atomic E-state index is 12.6. The first-order valence-corrected chi connectivity index (χ1v) is 10.7. The van der Waals surface area contributed by atoms with E-state index in [-0.39, 0.29) is 18.1 Å². The minimum Gasteiger partial charge on any atom is -0.483 e. The lowest BCUT2D eigenvalue weighted by Crippen LogP contribution is -2.30. The fraction of sp³-hybridized carbons (Fsp3) is 0.478. The van der Waals surface area contributed by atoms with E-state index >= 15 is 0 Å². The van der Waals surface area contributed by atoms with Gasteiger partial charge in [-0.3, -0.25) is 14.5 Å². The van der Waals surface area contributed by atoms with Crippen molar-refractivity contribution in [2.45, 2.75) is 33.2 Å². The second kappa shape index (κ2) is 12.6. The molecule has 0 radical (unpaired) electrons. The van der Waals surface area contributed by atoms with Gasteiger partial charge in [-0.15, -0.1) is 0 Å². The largest absolute Gasteiger partial charge is 0.483 e. The van der Waals surface area contributed by atoms with E-state index in [1.54, 1.807) is 0 Å². The van der Waals surface area contributed by atoms with Crippen molar-refractivity contribution in [1.82, 2.24) is 14.8 Å². The number of rotatable bonds is 8. The second-order valence-electron chi connectivity index (χ2n) is 7.50. The summed E-state index contributed by atoms with van der Waals surface area (Å²) in [4.78, 5) is 40.8. The molecular formula is C23H31N3O6. The lowest BCUT2D eigenvalue weighted by atomic mass is 9.97. The quantitative estimate of drug-likeness (QED) is 0.487. The van der Waals surface area contributed by atoms with Gasteiger partial charge < -0.3 is 19.2 Å². The average Bonchev–Trinajstić information content (AvgIpc) is 3.44. The number of aromatic nitrogens is 1. The number of amides is 1. The van der Waals surface area contributed by atoms with E-state index in [2.05, 4.69) is 20.7 Å². The fourth-order valence-corrected chi connectivity index (χ4v) is 3.85. The van der Waals surface area contributed by atoms with Gasteiger partial charge in [-0.2, -0.15) is 0 Å². The van der Waals surface area contributed by atoms with Crippen LogP contribution in [0, 0.1) is 5.92 Å². The Labute approximate surface area is 188 Å². The molecule has 0 spiro atoms. The highest BCUT2D eigenvalue weighted by atomic mass is 16.5. The van der Waals surface area contributed by atoms with Crippen molar-refractivity contribution in [2.75, 3.05) is 33.3 Å². The molecule has 3 rings (SSSR count). The molecule has 0 saturated carbocycles. The summed E-state index contributed by atoms with van der Waals surface area (Å²) in [5.74, 6) is 0.648. The third-order valence-corrected chi connectivity index (χ3v) is 5.42. The molecule has 1 saturated heterocycles. The predicted octanol–water partition coefficient (Wildman–Crippen LogP) is 2.71. The number of oxazole rings is 1. The molecule has 1 aliphatic rings. The van der Waals surface area contributed by atoms with Crippen LogP contribution >= 0.6 is 0 Å². The molecular weight excluding hydrogens is 414 g/mol. The Hall–Kier alpha value is -3.20.